The van der Waals surface area contributed by atoms with E-state index >= 15 is 0 Å². The van der Waals surface area contributed by atoms with Crippen LogP contribution in [-0.2, 0) is 30.5 Å². The van der Waals surface area contributed by atoms with Crippen LogP contribution in [0.25, 0.3) is 43.9 Å². The fourth-order valence-electron chi connectivity index (χ4n) is 13.1. The van der Waals surface area contributed by atoms with Gasteiger partial charge < -0.3 is 45.5 Å². The lowest BCUT2D eigenvalue weighted by atomic mass is 9.85. The fourth-order valence-corrected chi connectivity index (χ4v) is 13.9. The van der Waals surface area contributed by atoms with Crippen LogP contribution in [0.2, 0.25) is 0 Å². The highest BCUT2D eigenvalue weighted by atomic mass is 32.1. The molecule has 4 aromatic carbocycles. The zero-order valence-corrected chi connectivity index (χ0v) is 55.5. The average molecular weight is 1300 g/mol. The van der Waals surface area contributed by atoms with Gasteiger partial charge in [0.1, 0.15) is 23.2 Å². The van der Waals surface area contributed by atoms with Crippen molar-refractivity contribution in [2.45, 2.75) is 198 Å². The number of carbonyl (C=O) groups is 5. The molecule has 1 unspecified atom stereocenters. The van der Waals surface area contributed by atoms with Crippen molar-refractivity contribution in [2.75, 3.05) is 19.6 Å². The van der Waals surface area contributed by atoms with Gasteiger partial charge >= 0.3 is 0 Å². The number of aryl methyl sites for hydroxylation is 1. The molecule has 4 heterocycles. The lowest BCUT2D eigenvalue weighted by molar-refractivity contribution is -0.145. The summed E-state index contributed by atoms with van der Waals surface area (Å²) in [6.45, 7) is 8.67. The SMILES string of the molecule is Cc1ncsc1-c1cccc([C@H](CC(=O)NCCCCCCCCCNC(=O)CCCCC#Cc2cccc(Cn3c(-c4ccccc4)c(-c4ccccc4)c4c(=N)n(C5CCC(O)CC5)cnc43)c2)NC(=O)[C@@H]2C[C@@H](O)CN2C(=O)C(NC(=O)C2(F)CC2)C(C)(C)C)c1. The van der Waals surface area contributed by atoms with E-state index in [2.05, 4.69) is 79.1 Å². The third-order valence-electron chi connectivity index (χ3n) is 18.5. The Balaban J connectivity index is 0.639. The van der Waals surface area contributed by atoms with Crippen LogP contribution in [0.5, 0.6) is 0 Å². The standard InChI is InChI=1S/C75H91FN10O7S/c1-50-67(94-49-81-50)56-32-23-31-55(43-56)60(82-71(91)61-44-59(88)47-84(61)72(92)68(74(2,3)4)83-73(93)75(76)38-39-75)45-63(90)79-41-21-11-7-5-6-10-20-40-78-62(89)33-19-9-8-14-24-51-25-22-26-52(42-51)46-85-66(54-29-17-13-18-30-54)64(53-27-15-12-16-28-53)65-69(77)86(48-80-70(65)85)57-34-36-58(87)37-35-57/h12-13,15-18,22-23,25-32,42-43,48-49,57-61,68,77,87-88H,5-11,19-21,33-41,44-47H2,1-4H3,(H,78,89)(H,79,90)(H,82,91)(H,83,93)/t57?,58?,59-,60+,61+,68?/m1/s1. The number of alkyl halides is 1. The molecule has 10 rings (SSSR count). The molecule has 7 N–H and O–H groups in total. The summed E-state index contributed by atoms with van der Waals surface area (Å²) in [4.78, 5) is 79.5. The van der Waals surface area contributed by atoms with Crippen molar-refractivity contribution in [3.05, 3.63) is 149 Å². The molecule has 3 fully saturated rings. The third-order valence-corrected chi connectivity index (χ3v) is 19.5. The summed E-state index contributed by atoms with van der Waals surface area (Å²) in [6, 6.07) is 33.6. The second-order valence-electron chi connectivity index (χ2n) is 26.9. The zero-order valence-electron chi connectivity index (χ0n) is 54.7. The first-order chi connectivity index (χ1) is 45.3. The normalized spacial score (nSPS) is 18.2. The van der Waals surface area contributed by atoms with Gasteiger partial charge in [-0.1, -0.05) is 156 Å². The Kier molecular flexibility index (Phi) is 23.2. The van der Waals surface area contributed by atoms with Crippen LogP contribution >= 0.6 is 11.3 Å². The Morgan fingerprint density at radius 2 is 1.41 bits per heavy atom. The van der Waals surface area contributed by atoms with E-state index in [0.29, 0.717) is 56.4 Å². The Hall–Kier alpha value is -8.31. The maximum Gasteiger partial charge on any atom is 0.258 e. The highest BCUT2D eigenvalue weighted by Crippen LogP contribution is 2.42. The summed E-state index contributed by atoms with van der Waals surface area (Å²) < 4.78 is 19.1. The molecule has 0 radical (unpaired) electrons. The summed E-state index contributed by atoms with van der Waals surface area (Å²) in [6.07, 6.45) is 13.0. The van der Waals surface area contributed by atoms with E-state index in [1.807, 2.05) is 90.6 Å². The number of aromatic nitrogens is 4. The predicted molar refractivity (Wildman–Crippen MR) is 366 cm³/mol. The van der Waals surface area contributed by atoms with Crippen LogP contribution < -0.4 is 26.8 Å². The molecule has 2 saturated carbocycles. The predicted octanol–water partition coefficient (Wildman–Crippen LogP) is 11.7. The van der Waals surface area contributed by atoms with Crippen LogP contribution in [0.15, 0.2) is 121 Å². The first-order valence-electron chi connectivity index (χ1n) is 33.7. The summed E-state index contributed by atoms with van der Waals surface area (Å²) in [5.41, 5.74) is 8.56. The number of hydrogen-bond acceptors (Lipinski definition) is 11. The molecule has 1 saturated heterocycles. The average Bonchev–Trinajstić information content (AvgIpc) is 1.58. The number of unbranched alkanes of at least 4 members (excludes halogenated alkanes) is 8. The van der Waals surface area contributed by atoms with E-state index in [4.69, 9.17) is 4.98 Å². The second-order valence-corrected chi connectivity index (χ2v) is 27.7. The van der Waals surface area contributed by atoms with Crippen LogP contribution in [0, 0.1) is 29.6 Å². The number of aliphatic hydroxyl groups excluding tert-OH is 2. The van der Waals surface area contributed by atoms with Gasteiger partial charge in [0.25, 0.3) is 5.91 Å². The van der Waals surface area contributed by atoms with E-state index < -0.39 is 53.0 Å². The highest BCUT2D eigenvalue weighted by Gasteiger charge is 2.53. The number of carbonyl (C=O) groups excluding carboxylic acids is 5. The monoisotopic (exact) mass is 1290 g/mol. The maximum absolute atomic E-state index is 14.8. The molecule has 5 amide bonds. The first kappa shape index (κ1) is 68.5. The number of likely N-dealkylation sites (tertiary alicyclic amines) is 1. The molecule has 2 aliphatic carbocycles. The van der Waals surface area contributed by atoms with Crippen molar-refractivity contribution >= 4 is 51.9 Å². The number of halogens is 1. The van der Waals surface area contributed by atoms with Gasteiger partial charge in [-0.05, 0) is 123 Å². The number of nitrogens with zero attached hydrogens (tertiary/aromatic N) is 5. The molecule has 19 heteroatoms. The van der Waals surface area contributed by atoms with Gasteiger partial charge in [0.05, 0.1) is 58.2 Å². The number of aliphatic hydroxyl groups is 2. The summed E-state index contributed by atoms with van der Waals surface area (Å²) in [5.74, 6) is 4.53. The topological polar surface area (TPSA) is 237 Å². The van der Waals surface area contributed by atoms with Crippen molar-refractivity contribution in [1.29, 1.82) is 5.41 Å². The largest absolute Gasteiger partial charge is 0.393 e. The lowest BCUT2D eigenvalue weighted by Crippen LogP contribution is -2.59. The second kappa shape index (κ2) is 31.7. The number of benzene rings is 4. The number of rotatable bonds is 28. The Morgan fingerprint density at radius 1 is 0.755 bits per heavy atom. The van der Waals surface area contributed by atoms with Gasteiger partial charge in [-0.3, -0.25) is 29.4 Å². The molecule has 94 heavy (non-hydrogen) atoms. The number of β-amino-alcohol motifs (C(OH)–C–C–N with tert-alkyl or cyclic N) is 1. The van der Waals surface area contributed by atoms with Crippen LogP contribution in [0.1, 0.15) is 177 Å². The van der Waals surface area contributed by atoms with Crippen LogP contribution in [0.3, 0.4) is 0 Å². The van der Waals surface area contributed by atoms with E-state index in [1.165, 1.54) is 16.2 Å². The molecule has 0 bridgehead atoms. The number of nitrogens with one attached hydrogen (secondary N) is 5. The van der Waals surface area contributed by atoms with E-state index in [1.54, 1.807) is 26.3 Å². The quantitative estimate of drug-likeness (QED) is 0.0182. The van der Waals surface area contributed by atoms with Crippen LogP contribution in [0.4, 0.5) is 4.39 Å². The molecule has 3 aliphatic rings. The van der Waals surface area contributed by atoms with Gasteiger partial charge in [-0.2, -0.15) is 0 Å². The van der Waals surface area contributed by atoms with E-state index in [0.717, 1.165) is 131 Å². The van der Waals surface area contributed by atoms with Gasteiger partial charge in [-0.25, -0.2) is 14.4 Å². The molecule has 17 nitrogen and oxygen atoms in total. The Labute approximate surface area is 555 Å². The summed E-state index contributed by atoms with van der Waals surface area (Å²) in [5, 5.41) is 43.4. The number of thiazole rings is 1. The third kappa shape index (κ3) is 17.5. The summed E-state index contributed by atoms with van der Waals surface area (Å²) in [7, 11) is 0. The maximum atomic E-state index is 14.8. The number of hydrogen-bond donors (Lipinski definition) is 7. The number of fused-ring (bicyclic) bond motifs is 1. The van der Waals surface area contributed by atoms with Gasteiger partial charge in [-0.15, -0.1) is 11.3 Å². The van der Waals surface area contributed by atoms with Gasteiger partial charge in [0.2, 0.25) is 23.6 Å². The molecule has 1 aliphatic heterocycles. The molecule has 7 aromatic rings. The van der Waals surface area contributed by atoms with Crippen LogP contribution in [-0.4, -0.2) is 113 Å². The molecule has 496 valence electrons. The Morgan fingerprint density at radius 3 is 2.09 bits per heavy atom. The van der Waals surface area contributed by atoms with E-state index in [-0.39, 0.29) is 56.2 Å². The van der Waals surface area contributed by atoms with Gasteiger partial charge in [0, 0.05) is 62.6 Å². The minimum atomic E-state index is -2.01. The van der Waals surface area contributed by atoms with Crippen molar-refractivity contribution in [3.63, 3.8) is 0 Å². The van der Waals surface area contributed by atoms with Crippen molar-refractivity contribution < 1.29 is 38.6 Å². The van der Waals surface area contributed by atoms with Gasteiger partial charge in [0.15, 0.2) is 5.67 Å². The molecular formula is C75H91FN10O7S. The lowest BCUT2D eigenvalue weighted by Gasteiger charge is -2.36. The van der Waals surface area contributed by atoms with Crippen molar-refractivity contribution in [3.8, 4) is 44.7 Å². The molecular weight excluding hydrogens is 1200 g/mol. The Bertz CT molecular complexity index is 3890. The molecule has 4 atom stereocenters. The zero-order chi connectivity index (χ0) is 66.4. The summed E-state index contributed by atoms with van der Waals surface area (Å²) >= 11 is 1.49. The first-order valence-corrected chi connectivity index (χ1v) is 34.6. The van der Waals surface area contributed by atoms with Crippen molar-refractivity contribution in [1.82, 2.24) is 45.3 Å². The minimum Gasteiger partial charge on any atom is -0.393 e. The minimum absolute atomic E-state index is 0.0433. The molecule has 3 aromatic heterocycles. The van der Waals surface area contributed by atoms with Crippen molar-refractivity contribution in [2.24, 2.45) is 5.41 Å². The van der Waals surface area contributed by atoms with E-state index in [9.17, 15) is 44.0 Å². The number of amides is 5. The highest BCUT2D eigenvalue weighted by molar-refractivity contribution is 7.13. The smallest absolute Gasteiger partial charge is 0.258 e. The fraction of sp³-hybridized carbons (Fsp3) is 0.467. The molecule has 0 spiro atoms.